The fraction of sp³-hybridized carbons (Fsp3) is 0.920. The van der Waals surface area contributed by atoms with Gasteiger partial charge in [0.2, 0.25) is 0 Å². The first-order valence-corrected chi connectivity index (χ1v) is 12.6. The van der Waals surface area contributed by atoms with Crippen molar-refractivity contribution in [1.29, 1.82) is 0 Å². The second-order valence-corrected chi connectivity index (χ2v) is 8.17. The maximum atomic E-state index is 11.7. The van der Waals surface area contributed by atoms with Crippen molar-refractivity contribution in [2.24, 2.45) is 0 Å². The molecule has 6 nitrogen and oxygen atoms in total. The Morgan fingerprint density at radius 2 is 1.06 bits per heavy atom. The molecule has 1 atom stereocenters. The van der Waals surface area contributed by atoms with Crippen molar-refractivity contribution in [2.75, 3.05) is 19.8 Å². The van der Waals surface area contributed by atoms with Gasteiger partial charge in [-0.3, -0.25) is 9.59 Å². The van der Waals surface area contributed by atoms with Gasteiger partial charge < -0.3 is 19.7 Å². The van der Waals surface area contributed by atoms with E-state index in [0.717, 1.165) is 38.5 Å². The van der Waals surface area contributed by atoms with Gasteiger partial charge in [-0.1, -0.05) is 78.1 Å². The molecular weight excluding hydrogens is 396 g/mol. The first-order chi connectivity index (χ1) is 15.0. The summed E-state index contributed by atoms with van der Waals surface area (Å²) in [5.74, 6) is -0.371. The molecule has 0 aromatic carbocycles. The Kier molecular flexibility index (Phi) is 27.8. The van der Waals surface area contributed by atoms with Gasteiger partial charge in [-0.25, -0.2) is 0 Å². The Bertz CT molecular complexity index is 382. The molecule has 31 heavy (non-hydrogen) atoms. The van der Waals surface area contributed by atoms with Crippen LogP contribution in [0, 0.1) is 0 Å². The summed E-state index contributed by atoms with van der Waals surface area (Å²) in [6, 6.07) is 0. The van der Waals surface area contributed by atoms with Crippen LogP contribution in [0.15, 0.2) is 0 Å². The van der Waals surface area contributed by atoms with E-state index in [1.807, 2.05) is 0 Å². The number of rotatable bonds is 20. The predicted molar refractivity (Wildman–Crippen MR) is 126 cm³/mol. The molecule has 186 valence electrons. The normalized spacial score (nSPS) is 11.4. The summed E-state index contributed by atoms with van der Waals surface area (Å²) in [6.07, 6.45) is 15.8. The van der Waals surface area contributed by atoms with Crippen molar-refractivity contribution in [1.82, 2.24) is 0 Å². The minimum Gasteiger partial charge on any atom is -0.462 e. The Morgan fingerprint density at radius 1 is 0.645 bits per heavy atom. The van der Waals surface area contributed by atoms with Gasteiger partial charge in [0.15, 0.2) is 0 Å². The molecule has 0 amide bonds. The topological polar surface area (TPSA) is 93.1 Å². The van der Waals surface area contributed by atoms with E-state index in [9.17, 15) is 9.59 Å². The summed E-state index contributed by atoms with van der Waals surface area (Å²) in [4.78, 5) is 23.4. The summed E-state index contributed by atoms with van der Waals surface area (Å²) in [7, 11) is 0. The number of hydrogen-bond donors (Lipinski definition) is 2. The third kappa shape index (κ3) is 28.9. The lowest BCUT2D eigenvalue weighted by molar-refractivity contribution is -0.158. The molecule has 1 unspecified atom stereocenters. The number of carbonyl (C=O) groups excluding carboxylic acids is 2. The lowest BCUT2D eigenvalue weighted by Gasteiger charge is -2.13. The van der Waals surface area contributed by atoms with Crippen LogP contribution in [-0.4, -0.2) is 48.1 Å². The fourth-order valence-corrected chi connectivity index (χ4v) is 2.92. The summed E-state index contributed by atoms with van der Waals surface area (Å²) in [5, 5.41) is 16.2. The van der Waals surface area contributed by atoms with Crippen molar-refractivity contribution >= 4 is 11.9 Å². The molecule has 0 heterocycles. The first kappa shape index (κ1) is 32.0. The van der Waals surface area contributed by atoms with Crippen molar-refractivity contribution in [3.63, 3.8) is 0 Å². The highest BCUT2D eigenvalue weighted by atomic mass is 16.6. The van der Waals surface area contributed by atoms with Crippen LogP contribution < -0.4 is 0 Å². The lowest BCUT2D eigenvalue weighted by Crippen LogP contribution is -2.22. The van der Waals surface area contributed by atoms with E-state index in [1.54, 1.807) is 6.92 Å². The molecule has 0 aliphatic rings. The monoisotopic (exact) mass is 446 g/mol. The molecule has 0 radical (unpaired) electrons. The van der Waals surface area contributed by atoms with E-state index in [2.05, 4.69) is 13.8 Å². The van der Waals surface area contributed by atoms with Gasteiger partial charge in [-0.15, -0.1) is 0 Å². The van der Waals surface area contributed by atoms with Gasteiger partial charge in [-0.2, -0.15) is 0 Å². The van der Waals surface area contributed by atoms with Crippen LogP contribution >= 0.6 is 0 Å². The molecule has 0 saturated carbocycles. The number of aliphatic hydroxyl groups excluding tert-OH is 2. The van der Waals surface area contributed by atoms with E-state index < -0.39 is 0 Å². The SMILES string of the molecule is CCCCCCCCC(=O)OCC(C)OC(=O)CCCCCCCC.OCCCCO. The largest absolute Gasteiger partial charge is 0.462 e. The van der Waals surface area contributed by atoms with E-state index >= 15 is 0 Å². The molecular formula is C25H50O6. The summed E-state index contributed by atoms with van der Waals surface area (Å²) >= 11 is 0. The molecule has 0 bridgehead atoms. The van der Waals surface area contributed by atoms with Crippen LogP contribution in [0.5, 0.6) is 0 Å². The van der Waals surface area contributed by atoms with Crippen LogP contribution in [0.3, 0.4) is 0 Å². The van der Waals surface area contributed by atoms with E-state index in [-0.39, 0.29) is 37.9 Å². The Hall–Kier alpha value is -1.14. The third-order valence-electron chi connectivity index (χ3n) is 4.85. The maximum absolute atomic E-state index is 11.7. The quantitative estimate of drug-likeness (QED) is 0.184. The van der Waals surface area contributed by atoms with Crippen molar-refractivity contribution in [3.05, 3.63) is 0 Å². The minimum absolute atomic E-state index is 0.164. The predicted octanol–water partition coefficient (Wildman–Crippen LogP) is 5.71. The second-order valence-electron chi connectivity index (χ2n) is 8.17. The Labute approximate surface area is 191 Å². The zero-order valence-electron chi connectivity index (χ0n) is 20.5. The van der Waals surface area contributed by atoms with Crippen LogP contribution in [-0.2, 0) is 19.1 Å². The Morgan fingerprint density at radius 3 is 1.52 bits per heavy atom. The van der Waals surface area contributed by atoms with Crippen LogP contribution in [0.1, 0.15) is 124 Å². The van der Waals surface area contributed by atoms with Crippen molar-refractivity contribution in [3.8, 4) is 0 Å². The molecule has 0 saturated heterocycles. The van der Waals surface area contributed by atoms with E-state index in [0.29, 0.717) is 12.8 Å². The smallest absolute Gasteiger partial charge is 0.306 e. The lowest BCUT2D eigenvalue weighted by atomic mass is 10.1. The number of esters is 2. The van der Waals surface area contributed by atoms with Crippen molar-refractivity contribution in [2.45, 2.75) is 130 Å². The van der Waals surface area contributed by atoms with Crippen LogP contribution in [0.2, 0.25) is 0 Å². The highest BCUT2D eigenvalue weighted by Crippen LogP contribution is 2.09. The van der Waals surface area contributed by atoms with E-state index in [4.69, 9.17) is 19.7 Å². The molecule has 0 fully saturated rings. The Balaban J connectivity index is 0. The number of ether oxygens (including phenoxy) is 2. The zero-order valence-corrected chi connectivity index (χ0v) is 20.5. The first-order valence-electron chi connectivity index (χ1n) is 12.6. The molecule has 0 aromatic heterocycles. The van der Waals surface area contributed by atoms with Gasteiger partial charge >= 0.3 is 11.9 Å². The highest BCUT2D eigenvalue weighted by Gasteiger charge is 2.12. The third-order valence-corrected chi connectivity index (χ3v) is 4.85. The van der Waals surface area contributed by atoms with Gasteiger partial charge in [0.1, 0.15) is 12.7 Å². The zero-order chi connectivity index (χ0) is 23.6. The van der Waals surface area contributed by atoms with Gasteiger partial charge in [0.05, 0.1) is 0 Å². The van der Waals surface area contributed by atoms with Gasteiger partial charge in [-0.05, 0) is 32.6 Å². The maximum Gasteiger partial charge on any atom is 0.306 e. The fourth-order valence-electron chi connectivity index (χ4n) is 2.92. The van der Waals surface area contributed by atoms with E-state index in [1.165, 1.54) is 51.4 Å². The van der Waals surface area contributed by atoms with Gasteiger partial charge in [0, 0.05) is 26.1 Å². The molecule has 0 aliphatic carbocycles. The molecule has 0 aliphatic heterocycles. The standard InChI is InChI=1S/C21H40O4.C4H10O2/c1-4-6-8-10-12-14-16-20(22)24-18-19(3)25-21(23)17-15-13-11-9-7-5-2;5-3-1-2-4-6/h19H,4-18H2,1-3H3;5-6H,1-4H2. The molecule has 0 aromatic rings. The average Bonchev–Trinajstić information content (AvgIpc) is 2.76. The molecule has 6 heteroatoms. The molecule has 0 spiro atoms. The van der Waals surface area contributed by atoms with Crippen molar-refractivity contribution < 1.29 is 29.3 Å². The number of carbonyl (C=O) groups is 2. The molecule has 0 rings (SSSR count). The minimum atomic E-state index is -0.360. The summed E-state index contributed by atoms with van der Waals surface area (Å²) in [5.41, 5.74) is 0. The van der Waals surface area contributed by atoms with Crippen LogP contribution in [0.25, 0.3) is 0 Å². The number of aliphatic hydroxyl groups is 2. The van der Waals surface area contributed by atoms with Crippen LogP contribution in [0.4, 0.5) is 0 Å². The average molecular weight is 447 g/mol. The number of unbranched alkanes of at least 4 members (excludes halogenated alkanes) is 11. The summed E-state index contributed by atoms with van der Waals surface area (Å²) < 4.78 is 10.5. The molecule has 2 N–H and O–H groups in total. The highest BCUT2D eigenvalue weighted by molar-refractivity contribution is 5.70. The van der Waals surface area contributed by atoms with Gasteiger partial charge in [0.25, 0.3) is 0 Å². The summed E-state index contributed by atoms with van der Waals surface area (Å²) in [6.45, 7) is 6.72. The number of hydrogen-bond acceptors (Lipinski definition) is 6. The second kappa shape index (κ2) is 26.9.